The second-order valence-electron chi connectivity index (χ2n) is 7.65. The summed E-state index contributed by atoms with van der Waals surface area (Å²) in [6.07, 6.45) is 1.47. The molecule has 156 valence electrons. The predicted molar refractivity (Wildman–Crippen MR) is 108 cm³/mol. The van der Waals surface area contributed by atoms with Crippen molar-refractivity contribution in [1.29, 1.82) is 0 Å². The molecule has 2 heterocycles. The molecule has 0 unspecified atom stereocenters. The Labute approximate surface area is 171 Å². The normalized spacial score (nSPS) is 18.7. The highest BCUT2D eigenvalue weighted by atomic mass is 16.5. The third-order valence-corrected chi connectivity index (χ3v) is 5.20. The zero-order valence-corrected chi connectivity index (χ0v) is 17.3. The molecule has 7 heteroatoms. The van der Waals surface area contributed by atoms with Gasteiger partial charge in [0.05, 0.1) is 26.4 Å². The molecule has 1 aromatic carbocycles. The summed E-state index contributed by atoms with van der Waals surface area (Å²) in [5.74, 6) is 1.08. The van der Waals surface area contributed by atoms with Gasteiger partial charge in [-0.15, -0.1) is 0 Å². The lowest BCUT2D eigenvalue weighted by Gasteiger charge is -2.21. The third-order valence-electron chi connectivity index (χ3n) is 5.20. The van der Waals surface area contributed by atoms with Gasteiger partial charge in [-0.3, -0.25) is 9.59 Å². The van der Waals surface area contributed by atoms with Crippen molar-refractivity contribution >= 4 is 11.8 Å². The number of rotatable bonds is 7. The number of carbonyl (C=O) groups is 2. The lowest BCUT2D eigenvalue weighted by Crippen LogP contribution is -2.37. The lowest BCUT2D eigenvalue weighted by atomic mass is 9.87. The number of methoxy groups -OCH3 is 2. The minimum atomic E-state index is -0.380. The van der Waals surface area contributed by atoms with Crippen LogP contribution in [0.3, 0.4) is 0 Å². The standard InChI is InChI=1S/C22H28N2O5/c1-14(2)11-23-21(25)18-13-24(22(26)19-6-5-9-29-19)12-17(18)16-8-7-15(27-3)10-20(16)28-4/h5-10,14,17-18H,11-13H2,1-4H3,(H,23,25)/t17-,18-/m1/s1. The maximum atomic E-state index is 13.0. The van der Waals surface area contributed by atoms with Gasteiger partial charge in [-0.25, -0.2) is 0 Å². The number of furan rings is 1. The molecule has 7 nitrogen and oxygen atoms in total. The number of benzene rings is 1. The van der Waals surface area contributed by atoms with E-state index in [1.807, 2.05) is 26.0 Å². The SMILES string of the molecule is COc1ccc([C@H]2CN(C(=O)c3ccco3)C[C@H]2C(=O)NCC(C)C)c(OC)c1. The van der Waals surface area contributed by atoms with E-state index in [1.165, 1.54) is 6.26 Å². The summed E-state index contributed by atoms with van der Waals surface area (Å²) < 4.78 is 16.1. The summed E-state index contributed by atoms with van der Waals surface area (Å²) in [7, 11) is 3.18. The Kier molecular flexibility index (Phi) is 6.46. The van der Waals surface area contributed by atoms with Gasteiger partial charge in [0.25, 0.3) is 5.91 Å². The summed E-state index contributed by atoms with van der Waals surface area (Å²) in [5.41, 5.74) is 0.882. The van der Waals surface area contributed by atoms with Crippen molar-refractivity contribution in [3.05, 3.63) is 47.9 Å². The third kappa shape index (κ3) is 4.55. The number of carbonyl (C=O) groups excluding carboxylic acids is 2. The topological polar surface area (TPSA) is 81.0 Å². The predicted octanol–water partition coefficient (Wildman–Crippen LogP) is 2.92. The average Bonchev–Trinajstić information content (AvgIpc) is 3.41. The Bertz CT molecular complexity index is 847. The van der Waals surface area contributed by atoms with Gasteiger partial charge in [-0.05, 0) is 24.1 Å². The van der Waals surface area contributed by atoms with E-state index >= 15 is 0 Å². The smallest absolute Gasteiger partial charge is 0.289 e. The fourth-order valence-electron chi connectivity index (χ4n) is 3.67. The van der Waals surface area contributed by atoms with E-state index in [9.17, 15) is 9.59 Å². The number of likely N-dealkylation sites (tertiary alicyclic amines) is 1. The Hall–Kier alpha value is -2.96. The van der Waals surface area contributed by atoms with Crippen LogP contribution in [0.5, 0.6) is 11.5 Å². The molecular formula is C22H28N2O5. The van der Waals surface area contributed by atoms with Crippen LogP contribution in [0.1, 0.15) is 35.9 Å². The van der Waals surface area contributed by atoms with Crippen molar-refractivity contribution in [3.8, 4) is 11.5 Å². The maximum absolute atomic E-state index is 13.0. The maximum Gasteiger partial charge on any atom is 0.289 e. The van der Waals surface area contributed by atoms with Crippen molar-refractivity contribution in [3.63, 3.8) is 0 Å². The molecule has 0 spiro atoms. The highest BCUT2D eigenvalue weighted by Gasteiger charge is 2.42. The quantitative estimate of drug-likeness (QED) is 0.773. The molecule has 0 saturated carbocycles. The zero-order valence-electron chi connectivity index (χ0n) is 17.3. The van der Waals surface area contributed by atoms with Crippen LogP contribution in [0.4, 0.5) is 0 Å². The Morgan fingerprint density at radius 1 is 1.21 bits per heavy atom. The van der Waals surface area contributed by atoms with Gasteiger partial charge in [0.2, 0.25) is 5.91 Å². The van der Waals surface area contributed by atoms with Crippen LogP contribution in [0.25, 0.3) is 0 Å². The Morgan fingerprint density at radius 3 is 2.62 bits per heavy atom. The van der Waals surface area contributed by atoms with E-state index in [4.69, 9.17) is 13.9 Å². The van der Waals surface area contributed by atoms with Crippen molar-refractivity contribution in [2.24, 2.45) is 11.8 Å². The van der Waals surface area contributed by atoms with Crippen LogP contribution in [0.15, 0.2) is 41.0 Å². The van der Waals surface area contributed by atoms with Crippen molar-refractivity contribution in [2.45, 2.75) is 19.8 Å². The van der Waals surface area contributed by atoms with Gasteiger partial charge < -0.3 is 24.1 Å². The molecule has 0 radical (unpaired) electrons. The van der Waals surface area contributed by atoms with Gasteiger partial charge in [-0.1, -0.05) is 19.9 Å². The van der Waals surface area contributed by atoms with Gasteiger partial charge >= 0.3 is 0 Å². The Balaban J connectivity index is 1.90. The monoisotopic (exact) mass is 400 g/mol. The largest absolute Gasteiger partial charge is 0.497 e. The first-order valence-electron chi connectivity index (χ1n) is 9.77. The van der Waals surface area contributed by atoms with Crippen LogP contribution in [-0.2, 0) is 4.79 Å². The number of hydrogen-bond donors (Lipinski definition) is 1. The number of hydrogen-bond acceptors (Lipinski definition) is 5. The van der Waals surface area contributed by atoms with Crippen LogP contribution >= 0.6 is 0 Å². The van der Waals surface area contributed by atoms with Crippen molar-refractivity contribution < 1.29 is 23.5 Å². The van der Waals surface area contributed by atoms with E-state index < -0.39 is 0 Å². The molecule has 3 rings (SSSR count). The second kappa shape index (κ2) is 9.03. The molecular weight excluding hydrogens is 372 g/mol. The molecule has 29 heavy (non-hydrogen) atoms. The molecule has 1 aliphatic rings. The summed E-state index contributed by atoms with van der Waals surface area (Å²) in [5, 5.41) is 3.01. The fraction of sp³-hybridized carbons (Fsp3) is 0.455. The van der Waals surface area contributed by atoms with E-state index in [0.29, 0.717) is 37.1 Å². The highest BCUT2D eigenvalue weighted by Crippen LogP contribution is 2.39. The summed E-state index contributed by atoms with van der Waals surface area (Å²) in [6, 6.07) is 8.87. The first-order valence-corrected chi connectivity index (χ1v) is 9.77. The van der Waals surface area contributed by atoms with E-state index in [1.54, 1.807) is 37.3 Å². The summed E-state index contributed by atoms with van der Waals surface area (Å²) in [4.78, 5) is 27.5. The molecule has 1 aromatic heterocycles. The minimum absolute atomic E-state index is 0.0590. The number of nitrogens with one attached hydrogen (secondary N) is 1. The summed E-state index contributed by atoms with van der Waals surface area (Å²) in [6.45, 7) is 5.41. The van der Waals surface area contributed by atoms with Crippen LogP contribution in [-0.4, -0.2) is 50.6 Å². The molecule has 2 aromatic rings. The molecule has 1 aliphatic heterocycles. The fourth-order valence-corrected chi connectivity index (χ4v) is 3.67. The second-order valence-corrected chi connectivity index (χ2v) is 7.65. The molecule has 2 amide bonds. The van der Waals surface area contributed by atoms with Crippen LogP contribution in [0, 0.1) is 11.8 Å². The molecule has 1 fully saturated rings. The first-order chi connectivity index (χ1) is 13.9. The molecule has 1 N–H and O–H groups in total. The lowest BCUT2D eigenvalue weighted by molar-refractivity contribution is -0.125. The van der Waals surface area contributed by atoms with E-state index in [2.05, 4.69) is 5.32 Å². The molecule has 1 saturated heterocycles. The zero-order chi connectivity index (χ0) is 21.0. The van der Waals surface area contributed by atoms with Crippen molar-refractivity contribution in [1.82, 2.24) is 10.2 Å². The Morgan fingerprint density at radius 2 is 2.00 bits per heavy atom. The minimum Gasteiger partial charge on any atom is -0.497 e. The van der Waals surface area contributed by atoms with Gasteiger partial charge in [0, 0.05) is 37.2 Å². The number of ether oxygens (including phenoxy) is 2. The van der Waals surface area contributed by atoms with Crippen LogP contribution < -0.4 is 14.8 Å². The number of nitrogens with zero attached hydrogens (tertiary/aromatic N) is 1. The van der Waals surface area contributed by atoms with E-state index in [-0.39, 0.29) is 29.4 Å². The summed E-state index contributed by atoms with van der Waals surface area (Å²) >= 11 is 0. The van der Waals surface area contributed by atoms with Gasteiger partial charge in [-0.2, -0.15) is 0 Å². The van der Waals surface area contributed by atoms with Gasteiger partial charge in [0.15, 0.2) is 5.76 Å². The first kappa shape index (κ1) is 20.8. The van der Waals surface area contributed by atoms with Gasteiger partial charge in [0.1, 0.15) is 11.5 Å². The molecule has 0 aliphatic carbocycles. The average molecular weight is 400 g/mol. The van der Waals surface area contributed by atoms with Crippen molar-refractivity contribution in [2.75, 3.05) is 33.9 Å². The molecule has 0 bridgehead atoms. The number of amides is 2. The highest BCUT2D eigenvalue weighted by molar-refractivity contribution is 5.92. The molecule has 2 atom stereocenters. The van der Waals surface area contributed by atoms with E-state index in [0.717, 1.165) is 5.56 Å². The van der Waals surface area contributed by atoms with Crippen LogP contribution in [0.2, 0.25) is 0 Å².